The highest BCUT2D eigenvalue weighted by molar-refractivity contribution is 7.99. The van der Waals surface area contributed by atoms with E-state index in [0.717, 1.165) is 47.9 Å². The van der Waals surface area contributed by atoms with Gasteiger partial charge in [-0.15, -0.1) is 10.2 Å². The lowest BCUT2D eigenvalue weighted by Crippen LogP contribution is -2.27. The van der Waals surface area contributed by atoms with Crippen LogP contribution in [0.4, 0.5) is 0 Å². The molecular formula is C21H23Cl2N5OS. The maximum Gasteiger partial charge on any atom is 0.202 e. The van der Waals surface area contributed by atoms with E-state index in [1.165, 1.54) is 24.9 Å². The predicted octanol–water partition coefficient (Wildman–Crippen LogP) is 4.84. The van der Waals surface area contributed by atoms with Crippen molar-refractivity contribution in [2.45, 2.75) is 30.3 Å². The number of hydrogen-bond donors (Lipinski definition) is 0. The number of hydrogen-bond acceptors (Lipinski definition) is 6. The minimum absolute atomic E-state index is 0.287. The van der Waals surface area contributed by atoms with Crippen LogP contribution in [0.2, 0.25) is 10.0 Å². The van der Waals surface area contributed by atoms with Gasteiger partial charge in [-0.05, 0) is 49.9 Å². The Labute approximate surface area is 190 Å². The summed E-state index contributed by atoms with van der Waals surface area (Å²) in [7, 11) is 1.97. The van der Waals surface area contributed by atoms with Crippen molar-refractivity contribution < 1.29 is 4.42 Å². The number of piperidine rings is 1. The molecule has 0 radical (unpaired) electrons. The van der Waals surface area contributed by atoms with Gasteiger partial charge < -0.3 is 13.9 Å². The molecule has 1 saturated heterocycles. The molecule has 0 amide bonds. The first-order valence-electron chi connectivity index (χ1n) is 10.1. The number of likely N-dealkylation sites (tertiary alicyclic amines) is 1. The molecule has 30 heavy (non-hydrogen) atoms. The van der Waals surface area contributed by atoms with Crippen LogP contribution in [0.3, 0.4) is 0 Å². The Kier molecular flexibility index (Phi) is 5.34. The molecule has 2 aromatic heterocycles. The molecule has 5 rings (SSSR count). The molecule has 158 valence electrons. The fourth-order valence-electron chi connectivity index (χ4n) is 4.62. The second kappa shape index (κ2) is 7.86. The molecule has 0 unspecified atom stereocenters. The predicted molar refractivity (Wildman–Crippen MR) is 119 cm³/mol. The van der Waals surface area contributed by atoms with Crippen molar-refractivity contribution in [1.82, 2.24) is 24.6 Å². The second-order valence-electron chi connectivity index (χ2n) is 8.26. The molecular weight excluding hydrogens is 441 g/mol. The van der Waals surface area contributed by atoms with E-state index in [4.69, 9.17) is 27.6 Å². The third-order valence-electron chi connectivity index (χ3n) is 6.34. The minimum Gasteiger partial charge on any atom is -0.440 e. The molecule has 0 spiro atoms. The lowest BCUT2D eigenvalue weighted by Gasteiger charge is -2.21. The van der Waals surface area contributed by atoms with Gasteiger partial charge in [0.25, 0.3) is 0 Å². The summed E-state index contributed by atoms with van der Waals surface area (Å²) in [4.78, 5) is 6.72. The molecule has 3 aromatic rings. The Morgan fingerprint density at radius 1 is 1.27 bits per heavy atom. The minimum atomic E-state index is 0.287. The van der Waals surface area contributed by atoms with Crippen LogP contribution < -0.4 is 0 Å². The molecule has 1 aromatic carbocycles. The van der Waals surface area contributed by atoms with Crippen LogP contribution >= 0.6 is 35.0 Å². The van der Waals surface area contributed by atoms with E-state index >= 15 is 0 Å². The SMILES string of the molecule is Cc1ncoc1-c1nnc(SCCCN2C[C@@H]3C[C@]3(c3ccc(Cl)c(Cl)c3)C2)n1C. The van der Waals surface area contributed by atoms with Crippen LogP contribution in [0.5, 0.6) is 0 Å². The van der Waals surface area contributed by atoms with Gasteiger partial charge in [0.1, 0.15) is 0 Å². The first kappa shape index (κ1) is 20.4. The normalized spacial score (nSPS) is 23.1. The molecule has 6 nitrogen and oxygen atoms in total. The molecule has 1 saturated carbocycles. The highest BCUT2D eigenvalue weighted by atomic mass is 35.5. The number of oxazole rings is 1. The van der Waals surface area contributed by atoms with Crippen LogP contribution in [0, 0.1) is 12.8 Å². The Morgan fingerprint density at radius 3 is 2.90 bits per heavy atom. The molecule has 2 fully saturated rings. The second-order valence-corrected chi connectivity index (χ2v) is 10.1. The van der Waals surface area contributed by atoms with Gasteiger partial charge in [-0.2, -0.15) is 0 Å². The highest BCUT2D eigenvalue weighted by Gasteiger charge is 2.60. The van der Waals surface area contributed by atoms with Crippen LogP contribution in [-0.4, -0.2) is 50.0 Å². The van der Waals surface area contributed by atoms with Crippen molar-refractivity contribution in [1.29, 1.82) is 0 Å². The number of rotatable bonds is 7. The van der Waals surface area contributed by atoms with Gasteiger partial charge in [0.05, 0.1) is 15.7 Å². The Hall–Kier alpha value is -1.54. The van der Waals surface area contributed by atoms with Crippen molar-refractivity contribution in [2.75, 3.05) is 25.4 Å². The van der Waals surface area contributed by atoms with Crippen molar-refractivity contribution >= 4 is 35.0 Å². The molecule has 0 bridgehead atoms. The van der Waals surface area contributed by atoms with Crippen LogP contribution in [0.1, 0.15) is 24.1 Å². The maximum absolute atomic E-state index is 6.25. The van der Waals surface area contributed by atoms with Gasteiger partial charge in [0.2, 0.25) is 5.82 Å². The molecule has 0 N–H and O–H groups in total. The van der Waals surface area contributed by atoms with Crippen molar-refractivity contribution in [3.63, 3.8) is 0 Å². The fraction of sp³-hybridized carbons (Fsp3) is 0.476. The standard InChI is InChI=1S/C21H23Cl2N5OS/c1-13-18(29-12-24-13)19-25-26-20(27(19)2)30-7-3-6-28-10-15-9-21(15,11-28)14-4-5-16(22)17(23)8-14/h4-5,8,12,15H,3,6-7,9-11H2,1-2H3/t15-,21+/m0/s1. The summed E-state index contributed by atoms with van der Waals surface area (Å²) < 4.78 is 7.42. The Morgan fingerprint density at radius 2 is 2.13 bits per heavy atom. The summed E-state index contributed by atoms with van der Waals surface area (Å²) in [6, 6.07) is 6.14. The zero-order valence-electron chi connectivity index (χ0n) is 16.9. The summed E-state index contributed by atoms with van der Waals surface area (Å²) in [5.74, 6) is 3.15. The summed E-state index contributed by atoms with van der Waals surface area (Å²) in [6.07, 6.45) is 3.81. The van der Waals surface area contributed by atoms with E-state index in [9.17, 15) is 0 Å². The van der Waals surface area contributed by atoms with Gasteiger partial charge >= 0.3 is 0 Å². The monoisotopic (exact) mass is 463 g/mol. The van der Waals surface area contributed by atoms with Crippen LogP contribution in [-0.2, 0) is 12.5 Å². The summed E-state index contributed by atoms with van der Waals surface area (Å²) in [6.45, 7) is 5.28. The lowest BCUT2D eigenvalue weighted by molar-refractivity contribution is 0.299. The smallest absolute Gasteiger partial charge is 0.202 e. The number of halogens is 2. The number of fused-ring (bicyclic) bond motifs is 1. The third kappa shape index (κ3) is 3.55. The van der Waals surface area contributed by atoms with E-state index < -0.39 is 0 Å². The first-order chi connectivity index (χ1) is 14.5. The Bertz CT molecular complexity index is 1080. The Balaban J connectivity index is 1.13. The molecule has 3 heterocycles. The van der Waals surface area contributed by atoms with E-state index in [-0.39, 0.29) is 5.41 Å². The van der Waals surface area contributed by atoms with E-state index in [2.05, 4.69) is 32.2 Å². The number of thioether (sulfide) groups is 1. The average molecular weight is 464 g/mol. The average Bonchev–Trinajstić information content (AvgIpc) is 3.02. The molecule has 2 aliphatic rings. The lowest BCUT2D eigenvalue weighted by atomic mass is 9.95. The third-order valence-corrected chi connectivity index (χ3v) is 8.19. The summed E-state index contributed by atoms with van der Waals surface area (Å²) in [5.41, 5.74) is 2.45. The maximum atomic E-state index is 6.25. The first-order valence-corrected chi connectivity index (χ1v) is 11.8. The zero-order chi connectivity index (χ0) is 20.9. The quantitative estimate of drug-likeness (QED) is 0.368. The zero-order valence-corrected chi connectivity index (χ0v) is 19.3. The van der Waals surface area contributed by atoms with E-state index in [1.54, 1.807) is 11.8 Å². The van der Waals surface area contributed by atoms with Crippen molar-refractivity contribution in [3.8, 4) is 11.6 Å². The van der Waals surface area contributed by atoms with Crippen LogP contribution in [0.15, 0.2) is 34.2 Å². The summed E-state index contributed by atoms with van der Waals surface area (Å²) in [5, 5.41) is 10.8. The number of nitrogens with zero attached hydrogens (tertiary/aromatic N) is 5. The van der Waals surface area contributed by atoms with Crippen molar-refractivity contribution in [3.05, 3.63) is 45.9 Å². The number of aromatic nitrogens is 4. The number of aryl methyl sites for hydroxylation is 1. The molecule has 2 atom stereocenters. The largest absolute Gasteiger partial charge is 0.440 e. The van der Waals surface area contributed by atoms with Gasteiger partial charge in [-0.3, -0.25) is 0 Å². The van der Waals surface area contributed by atoms with E-state index in [0.29, 0.717) is 15.8 Å². The number of benzene rings is 1. The summed E-state index contributed by atoms with van der Waals surface area (Å²) >= 11 is 14.1. The van der Waals surface area contributed by atoms with E-state index in [1.807, 2.05) is 24.6 Å². The van der Waals surface area contributed by atoms with Gasteiger partial charge in [-0.1, -0.05) is 41.0 Å². The molecule has 9 heteroatoms. The van der Waals surface area contributed by atoms with Gasteiger partial charge in [0, 0.05) is 31.3 Å². The van der Waals surface area contributed by atoms with Crippen LogP contribution in [0.25, 0.3) is 11.6 Å². The van der Waals surface area contributed by atoms with Crippen molar-refractivity contribution in [2.24, 2.45) is 13.0 Å². The molecule has 1 aliphatic heterocycles. The van der Waals surface area contributed by atoms with Gasteiger partial charge in [0.15, 0.2) is 17.3 Å². The topological polar surface area (TPSA) is 60.0 Å². The molecule has 1 aliphatic carbocycles. The highest BCUT2D eigenvalue weighted by Crippen LogP contribution is 2.59. The fourth-order valence-corrected chi connectivity index (χ4v) is 5.75. The van der Waals surface area contributed by atoms with Gasteiger partial charge in [-0.25, -0.2) is 4.98 Å².